The van der Waals surface area contributed by atoms with Gasteiger partial charge in [0.1, 0.15) is 9.77 Å². The minimum atomic E-state index is -3.93. The van der Waals surface area contributed by atoms with Gasteiger partial charge in [-0.2, -0.15) is 0 Å². The molecule has 0 saturated carbocycles. The number of anilines is 1. The van der Waals surface area contributed by atoms with Crippen molar-refractivity contribution in [2.24, 2.45) is 0 Å². The van der Waals surface area contributed by atoms with E-state index in [9.17, 15) is 13.2 Å². The van der Waals surface area contributed by atoms with Crippen LogP contribution in [0.3, 0.4) is 0 Å². The first-order valence-electron chi connectivity index (χ1n) is 9.53. The van der Waals surface area contributed by atoms with Gasteiger partial charge in [0.05, 0.1) is 21.3 Å². The predicted octanol–water partition coefficient (Wildman–Crippen LogP) is 3.81. The van der Waals surface area contributed by atoms with Gasteiger partial charge in [-0.15, -0.1) is 11.3 Å². The average Bonchev–Trinajstić information content (AvgIpc) is 3.29. The Hall–Kier alpha value is -3.24. The van der Waals surface area contributed by atoms with E-state index in [-0.39, 0.29) is 16.3 Å². The lowest BCUT2D eigenvalue weighted by atomic mass is 10.1. The fourth-order valence-corrected chi connectivity index (χ4v) is 5.41. The summed E-state index contributed by atoms with van der Waals surface area (Å²) in [5.41, 5.74) is 2.13. The van der Waals surface area contributed by atoms with E-state index in [0.29, 0.717) is 28.5 Å². The summed E-state index contributed by atoms with van der Waals surface area (Å²) in [6.07, 6.45) is 0. The summed E-state index contributed by atoms with van der Waals surface area (Å²) in [7, 11) is 0.583. The van der Waals surface area contributed by atoms with Crippen LogP contribution in [0.5, 0.6) is 17.2 Å². The number of carbonyl (C=O) groups is 1. The van der Waals surface area contributed by atoms with Gasteiger partial charge in [0, 0.05) is 12.2 Å². The van der Waals surface area contributed by atoms with Gasteiger partial charge >= 0.3 is 0 Å². The van der Waals surface area contributed by atoms with Crippen LogP contribution >= 0.6 is 11.3 Å². The van der Waals surface area contributed by atoms with Crippen LogP contribution in [-0.4, -0.2) is 35.7 Å². The summed E-state index contributed by atoms with van der Waals surface area (Å²) in [6, 6.07) is 11.8. The zero-order chi connectivity index (χ0) is 23.3. The van der Waals surface area contributed by atoms with Crippen molar-refractivity contribution in [2.45, 2.75) is 18.4 Å². The summed E-state index contributed by atoms with van der Waals surface area (Å²) < 4.78 is 44.2. The maximum atomic E-state index is 12.9. The second-order valence-corrected chi connectivity index (χ2v) is 9.37. The first-order chi connectivity index (χ1) is 15.3. The molecule has 8 nitrogen and oxygen atoms in total. The van der Waals surface area contributed by atoms with E-state index in [0.717, 1.165) is 16.9 Å². The molecule has 0 saturated heterocycles. The number of sulfonamides is 1. The number of rotatable bonds is 9. The van der Waals surface area contributed by atoms with Crippen LogP contribution in [0.15, 0.2) is 52.7 Å². The van der Waals surface area contributed by atoms with Crippen molar-refractivity contribution in [1.82, 2.24) is 5.32 Å². The Morgan fingerprint density at radius 3 is 2.16 bits per heavy atom. The van der Waals surface area contributed by atoms with Gasteiger partial charge in [0.15, 0.2) is 11.5 Å². The highest BCUT2D eigenvalue weighted by Gasteiger charge is 2.24. The van der Waals surface area contributed by atoms with Crippen LogP contribution < -0.4 is 24.2 Å². The number of aryl methyl sites for hydroxylation is 1. The van der Waals surface area contributed by atoms with E-state index in [2.05, 4.69) is 10.0 Å². The molecule has 0 radical (unpaired) electrons. The number of benzene rings is 2. The number of methoxy groups -OCH3 is 3. The molecule has 0 atom stereocenters. The Balaban J connectivity index is 1.78. The first kappa shape index (κ1) is 23.4. The second-order valence-electron chi connectivity index (χ2n) is 6.80. The van der Waals surface area contributed by atoms with Gasteiger partial charge in [-0.25, -0.2) is 8.42 Å². The molecular weight excluding hydrogens is 452 g/mol. The lowest BCUT2D eigenvalue weighted by Crippen LogP contribution is -2.24. The van der Waals surface area contributed by atoms with Crippen molar-refractivity contribution in [3.63, 3.8) is 0 Å². The highest BCUT2D eigenvalue weighted by Crippen LogP contribution is 2.38. The van der Waals surface area contributed by atoms with Gasteiger partial charge < -0.3 is 19.5 Å². The highest BCUT2D eigenvalue weighted by molar-refractivity contribution is 7.93. The third kappa shape index (κ3) is 5.14. The monoisotopic (exact) mass is 476 g/mol. The molecule has 10 heteroatoms. The number of nitrogens with one attached hydrogen (secondary N) is 2. The van der Waals surface area contributed by atoms with Gasteiger partial charge in [0.2, 0.25) is 5.75 Å². The van der Waals surface area contributed by atoms with Crippen LogP contribution in [0, 0.1) is 6.92 Å². The highest BCUT2D eigenvalue weighted by atomic mass is 32.2. The number of thiophene rings is 1. The molecule has 0 fully saturated rings. The maximum absolute atomic E-state index is 12.9. The first-order valence-corrected chi connectivity index (χ1v) is 11.9. The largest absolute Gasteiger partial charge is 0.493 e. The summed E-state index contributed by atoms with van der Waals surface area (Å²) in [6.45, 7) is 2.05. The van der Waals surface area contributed by atoms with Crippen molar-refractivity contribution in [3.8, 4) is 17.2 Å². The summed E-state index contributed by atoms with van der Waals surface area (Å²) in [4.78, 5) is 12.8. The molecule has 3 rings (SSSR count). The Morgan fingerprint density at radius 2 is 1.59 bits per heavy atom. The van der Waals surface area contributed by atoms with Gasteiger partial charge in [-0.1, -0.05) is 17.7 Å². The van der Waals surface area contributed by atoms with Crippen molar-refractivity contribution in [1.29, 1.82) is 0 Å². The van der Waals surface area contributed by atoms with Crippen molar-refractivity contribution >= 4 is 33.0 Å². The van der Waals surface area contributed by atoms with E-state index in [4.69, 9.17) is 14.2 Å². The third-order valence-electron chi connectivity index (χ3n) is 4.61. The molecule has 0 unspecified atom stereocenters. The molecule has 2 aromatic carbocycles. The molecule has 3 aromatic rings. The fraction of sp³-hybridized carbons (Fsp3) is 0.227. The molecule has 0 aliphatic carbocycles. The van der Waals surface area contributed by atoms with E-state index >= 15 is 0 Å². The second kappa shape index (κ2) is 9.92. The lowest BCUT2D eigenvalue weighted by Gasteiger charge is -2.14. The van der Waals surface area contributed by atoms with Crippen LogP contribution in [-0.2, 0) is 16.6 Å². The SMILES string of the molecule is COc1cc(CNC(=O)c2sccc2S(=O)(=O)Nc2ccc(C)cc2)cc(OC)c1OC. The van der Waals surface area contributed by atoms with Crippen LogP contribution in [0.4, 0.5) is 5.69 Å². The number of carbonyl (C=O) groups excluding carboxylic acids is 1. The standard InChI is InChI=1S/C22H24N2O6S2/c1-14-5-7-16(8-6-14)24-32(26,27)19-9-10-31-21(19)22(25)23-13-15-11-17(28-2)20(30-4)18(12-15)29-3/h5-12,24H,13H2,1-4H3,(H,23,25). The van der Waals surface area contributed by atoms with E-state index in [1.54, 1.807) is 41.8 Å². The van der Waals surface area contributed by atoms with E-state index in [1.165, 1.54) is 27.4 Å². The average molecular weight is 477 g/mol. The predicted molar refractivity (Wildman–Crippen MR) is 124 cm³/mol. The Labute approximate surface area is 191 Å². The van der Waals surface area contributed by atoms with Crippen molar-refractivity contribution in [2.75, 3.05) is 26.1 Å². The molecule has 0 aliphatic heterocycles. The molecule has 0 spiro atoms. The minimum absolute atomic E-state index is 0.0783. The molecule has 1 amide bonds. The van der Waals surface area contributed by atoms with Crippen LogP contribution in [0.25, 0.3) is 0 Å². The maximum Gasteiger partial charge on any atom is 0.263 e. The Bertz CT molecular complexity index is 1180. The van der Waals surface area contributed by atoms with Gasteiger partial charge in [-0.3, -0.25) is 9.52 Å². The van der Waals surface area contributed by atoms with E-state index < -0.39 is 15.9 Å². The van der Waals surface area contributed by atoms with Crippen LogP contribution in [0.1, 0.15) is 20.8 Å². The number of hydrogen-bond donors (Lipinski definition) is 2. The molecule has 0 bridgehead atoms. The molecule has 170 valence electrons. The normalized spacial score (nSPS) is 11.0. The molecular formula is C22H24N2O6S2. The summed E-state index contributed by atoms with van der Waals surface area (Å²) in [5.74, 6) is 0.854. The minimum Gasteiger partial charge on any atom is -0.493 e. The lowest BCUT2D eigenvalue weighted by molar-refractivity contribution is 0.0952. The zero-order valence-electron chi connectivity index (χ0n) is 18.1. The number of hydrogen-bond acceptors (Lipinski definition) is 7. The summed E-state index contributed by atoms with van der Waals surface area (Å²) in [5, 5.41) is 4.32. The Morgan fingerprint density at radius 1 is 0.969 bits per heavy atom. The zero-order valence-corrected chi connectivity index (χ0v) is 19.7. The number of ether oxygens (including phenoxy) is 3. The van der Waals surface area contributed by atoms with Crippen molar-refractivity contribution in [3.05, 3.63) is 63.8 Å². The quantitative estimate of drug-likeness (QED) is 0.487. The molecule has 32 heavy (non-hydrogen) atoms. The van der Waals surface area contributed by atoms with E-state index in [1.807, 2.05) is 6.92 Å². The third-order valence-corrected chi connectivity index (χ3v) is 7.07. The fourth-order valence-electron chi connectivity index (χ4n) is 3.01. The Kier molecular flexibility index (Phi) is 7.26. The summed E-state index contributed by atoms with van der Waals surface area (Å²) >= 11 is 1.05. The number of amides is 1. The molecule has 1 heterocycles. The van der Waals surface area contributed by atoms with Crippen molar-refractivity contribution < 1.29 is 27.4 Å². The smallest absolute Gasteiger partial charge is 0.263 e. The van der Waals surface area contributed by atoms with Crippen LogP contribution in [0.2, 0.25) is 0 Å². The van der Waals surface area contributed by atoms with Gasteiger partial charge in [-0.05, 0) is 48.2 Å². The van der Waals surface area contributed by atoms with Gasteiger partial charge in [0.25, 0.3) is 15.9 Å². The molecule has 1 aromatic heterocycles. The molecule has 0 aliphatic rings. The topological polar surface area (TPSA) is 103 Å². The molecule has 2 N–H and O–H groups in total.